The van der Waals surface area contributed by atoms with Crippen LogP contribution in [0, 0.1) is 20.8 Å². The number of aryl methyl sites for hydroxylation is 4. The summed E-state index contributed by atoms with van der Waals surface area (Å²) in [5.41, 5.74) is 5.69. The second-order valence-corrected chi connectivity index (χ2v) is 7.25. The first-order valence-electron chi connectivity index (χ1n) is 8.74. The Hall–Kier alpha value is -3.09. The van der Waals surface area contributed by atoms with Crippen LogP contribution in [-0.4, -0.2) is 39.1 Å². The van der Waals surface area contributed by atoms with Crippen LogP contribution in [-0.2, 0) is 14.1 Å². The lowest BCUT2D eigenvalue weighted by Gasteiger charge is -2.14. The number of hydrogen-bond acceptors (Lipinski definition) is 3. The minimum absolute atomic E-state index is 0.191. The number of aromatic nitrogens is 3. The molecule has 0 saturated carbocycles. The average Bonchev–Trinajstić information content (AvgIpc) is 2.87. The molecule has 1 N–H and O–H groups in total. The van der Waals surface area contributed by atoms with Crippen LogP contribution in [0.2, 0.25) is 0 Å². The molecule has 0 aliphatic heterocycles. The Bertz CT molecular complexity index is 1100. The number of anilines is 1. The van der Waals surface area contributed by atoms with Gasteiger partial charge in [0.05, 0.1) is 5.39 Å². The maximum Gasteiger partial charge on any atom is 0.323 e. The number of urea groups is 1. The van der Waals surface area contributed by atoms with E-state index in [1.165, 1.54) is 15.0 Å². The van der Waals surface area contributed by atoms with Crippen molar-refractivity contribution < 1.29 is 4.79 Å². The summed E-state index contributed by atoms with van der Waals surface area (Å²) in [5.74, 6) is 0.219. The van der Waals surface area contributed by atoms with Gasteiger partial charge in [0.2, 0.25) is 5.95 Å². The molecule has 2 heterocycles. The van der Waals surface area contributed by atoms with Gasteiger partial charge in [-0.3, -0.25) is 14.7 Å². The Kier molecular flexibility index (Phi) is 4.55. The van der Waals surface area contributed by atoms with Crippen LogP contribution in [0.5, 0.6) is 0 Å². The molecule has 0 bridgehead atoms. The average molecular weight is 367 g/mol. The van der Waals surface area contributed by atoms with Gasteiger partial charge in [0.1, 0.15) is 5.65 Å². The molecule has 0 unspecified atom stereocenters. The highest BCUT2D eigenvalue weighted by Gasteiger charge is 2.20. The third-order valence-corrected chi connectivity index (χ3v) is 4.77. The first-order chi connectivity index (χ1) is 12.6. The molecule has 27 heavy (non-hydrogen) atoms. The lowest BCUT2D eigenvalue weighted by molar-refractivity contribution is 0.230. The third-order valence-electron chi connectivity index (χ3n) is 4.77. The predicted octanol–water partition coefficient (Wildman–Crippen LogP) is 2.96. The van der Waals surface area contributed by atoms with Crippen molar-refractivity contribution in [1.82, 2.24) is 19.0 Å². The second-order valence-electron chi connectivity index (χ2n) is 7.25. The summed E-state index contributed by atoms with van der Waals surface area (Å²) >= 11 is 0. The number of nitrogens with one attached hydrogen (secondary N) is 1. The van der Waals surface area contributed by atoms with Crippen molar-refractivity contribution in [2.45, 2.75) is 20.8 Å². The van der Waals surface area contributed by atoms with Gasteiger partial charge in [-0.15, -0.1) is 0 Å². The molecule has 2 amide bonds. The van der Waals surface area contributed by atoms with Crippen LogP contribution in [0.25, 0.3) is 22.2 Å². The van der Waals surface area contributed by atoms with E-state index in [0.29, 0.717) is 11.0 Å². The molecule has 3 rings (SSSR count). The molecule has 0 saturated heterocycles. The molecule has 1 aromatic carbocycles. The fraction of sp³-hybridized carbons (Fsp3) is 0.350. The quantitative estimate of drug-likeness (QED) is 0.757. The van der Waals surface area contributed by atoms with Gasteiger partial charge in [0.25, 0.3) is 5.56 Å². The largest absolute Gasteiger partial charge is 0.335 e. The van der Waals surface area contributed by atoms with Crippen LogP contribution in [0.4, 0.5) is 10.7 Å². The molecule has 0 aliphatic rings. The number of benzene rings is 1. The molecule has 0 aliphatic carbocycles. The maximum atomic E-state index is 13.1. The van der Waals surface area contributed by atoms with E-state index in [0.717, 1.165) is 22.3 Å². The number of carbonyl (C=O) groups is 1. The lowest BCUT2D eigenvalue weighted by Crippen LogP contribution is -2.31. The highest BCUT2D eigenvalue weighted by atomic mass is 16.2. The van der Waals surface area contributed by atoms with Gasteiger partial charge in [0, 0.05) is 40.0 Å². The van der Waals surface area contributed by atoms with E-state index in [2.05, 4.69) is 43.2 Å². The second kappa shape index (κ2) is 6.57. The Morgan fingerprint density at radius 1 is 1.11 bits per heavy atom. The van der Waals surface area contributed by atoms with E-state index in [9.17, 15) is 9.59 Å². The fourth-order valence-electron chi connectivity index (χ4n) is 3.51. The molecule has 3 aromatic rings. The van der Waals surface area contributed by atoms with Crippen molar-refractivity contribution in [2.75, 3.05) is 19.4 Å². The van der Waals surface area contributed by atoms with Gasteiger partial charge in [-0.1, -0.05) is 17.7 Å². The highest BCUT2D eigenvalue weighted by Crippen LogP contribution is 2.33. The van der Waals surface area contributed by atoms with E-state index < -0.39 is 0 Å². The normalized spacial score (nSPS) is 11.1. The maximum absolute atomic E-state index is 13.1. The van der Waals surface area contributed by atoms with Gasteiger partial charge in [0.15, 0.2) is 0 Å². The zero-order chi connectivity index (χ0) is 20.0. The molecule has 0 spiro atoms. The molecule has 142 valence electrons. The van der Waals surface area contributed by atoms with Crippen molar-refractivity contribution in [3.05, 3.63) is 45.4 Å². The first kappa shape index (κ1) is 18.7. The van der Waals surface area contributed by atoms with Gasteiger partial charge >= 0.3 is 6.03 Å². The van der Waals surface area contributed by atoms with Crippen molar-refractivity contribution >= 4 is 23.0 Å². The number of nitrogens with zero attached hydrogens (tertiary/aromatic N) is 4. The number of rotatable bonds is 2. The minimum atomic E-state index is -0.337. The number of amides is 2. The molecular formula is C20H25N5O2. The molecule has 7 nitrogen and oxygen atoms in total. The summed E-state index contributed by atoms with van der Waals surface area (Å²) < 4.78 is 3.21. The third kappa shape index (κ3) is 3.09. The number of fused-ring (bicyclic) bond motifs is 1. The smallest absolute Gasteiger partial charge is 0.323 e. The first-order valence-corrected chi connectivity index (χ1v) is 8.74. The monoisotopic (exact) mass is 367 g/mol. The van der Waals surface area contributed by atoms with Crippen molar-refractivity contribution in [1.29, 1.82) is 0 Å². The SMILES string of the molecule is Cc1cc(C)c(-c2cn(C)c3nc(NC(=O)N(C)C)n(C)c(=O)c23)c(C)c1. The number of carbonyl (C=O) groups excluding carboxylic acids is 1. The summed E-state index contributed by atoms with van der Waals surface area (Å²) in [7, 11) is 6.74. The van der Waals surface area contributed by atoms with Crippen LogP contribution in [0.15, 0.2) is 23.1 Å². The Balaban J connectivity index is 2.30. The van der Waals surface area contributed by atoms with E-state index in [1.807, 2.05) is 17.8 Å². The van der Waals surface area contributed by atoms with Crippen LogP contribution in [0.1, 0.15) is 16.7 Å². The molecule has 0 atom stereocenters. The van der Waals surface area contributed by atoms with E-state index in [4.69, 9.17) is 0 Å². The lowest BCUT2D eigenvalue weighted by atomic mass is 9.94. The minimum Gasteiger partial charge on any atom is -0.335 e. The van der Waals surface area contributed by atoms with Crippen LogP contribution >= 0.6 is 0 Å². The Morgan fingerprint density at radius 3 is 2.26 bits per heavy atom. The van der Waals surface area contributed by atoms with Crippen LogP contribution < -0.4 is 10.9 Å². The molecule has 0 radical (unpaired) electrons. The standard InChI is InChI=1S/C20H25N5O2/c1-11-8-12(2)15(13(3)9-11)14-10-24(6)17-16(14)18(26)25(7)19(21-17)22-20(27)23(4)5/h8-10H,1-7H3,(H,21,22,27). The summed E-state index contributed by atoms with van der Waals surface area (Å²) in [5, 5.41) is 3.23. The van der Waals surface area contributed by atoms with Crippen molar-refractivity contribution in [2.24, 2.45) is 14.1 Å². The van der Waals surface area contributed by atoms with Crippen molar-refractivity contribution in [3.63, 3.8) is 0 Å². The van der Waals surface area contributed by atoms with Gasteiger partial charge in [-0.25, -0.2) is 4.79 Å². The predicted molar refractivity (Wildman–Crippen MR) is 108 cm³/mol. The Labute approximate surface area is 158 Å². The zero-order valence-electron chi connectivity index (χ0n) is 16.8. The number of hydrogen-bond donors (Lipinski definition) is 1. The summed E-state index contributed by atoms with van der Waals surface area (Å²) in [4.78, 5) is 31.1. The van der Waals surface area contributed by atoms with Crippen LogP contribution in [0.3, 0.4) is 0 Å². The summed E-state index contributed by atoms with van der Waals surface area (Å²) in [6.07, 6.45) is 1.93. The highest BCUT2D eigenvalue weighted by molar-refractivity contribution is 5.96. The van der Waals surface area contributed by atoms with E-state index in [1.54, 1.807) is 21.1 Å². The van der Waals surface area contributed by atoms with E-state index >= 15 is 0 Å². The Morgan fingerprint density at radius 2 is 1.70 bits per heavy atom. The van der Waals surface area contributed by atoms with Gasteiger partial charge < -0.3 is 9.47 Å². The van der Waals surface area contributed by atoms with E-state index in [-0.39, 0.29) is 17.5 Å². The molecule has 7 heteroatoms. The summed E-state index contributed by atoms with van der Waals surface area (Å²) in [6.45, 7) is 6.17. The zero-order valence-corrected chi connectivity index (χ0v) is 16.8. The van der Waals surface area contributed by atoms with Gasteiger partial charge in [-0.05, 0) is 37.5 Å². The molecule has 0 fully saturated rings. The molecular weight excluding hydrogens is 342 g/mol. The summed E-state index contributed by atoms with van der Waals surface area (Å²) in [6, 6.07) is 3.90. The fourth-order valence-corrected chi connectivity index (χ4v) is 3.51. The molecule has 2 aromatic heterocycles. The van der Waals surface area contributed by atoms with Gasteiger partial charge in [-0.2, -0.15) is 4.98 Å². The topological polar surface area (TPSA) is 72.2 Å². The van der Waals surface area contributed by atoms with Crippen molar-refractivity contribution in [3.8, 4) is 11.1 Å².